The number of esters is 1. The Morgan fingerprint density at radius 2 is 1.12 bits per heavy atom. The molecule has 0 radical (unpaired) electrons. The summed E-state index contributed by atoms with van der Waals surface area (Å²) < 4.78 is 10.7. The minimum Gasteiger partial charge on any atom is -0.457 e. The number of ether oxygens (including phenoxy) is 2. The largest absolute Gasteiger partial charge is 0.457 e. The van der Waals surface area contributed by atoms with Gasteiger partial charge in [0.05, 0.1) is 0 Å². The Kier molecular flexibility index (Phi) is 8.80. The van der Waals surface area contributed by atoms with E-state index in [-0.39, 0.29) is 25.4 Å². The second kappa shape index (κ2) is 12.2. The number of benzene rings is 3. The van der Waals surface area contributed by atoms with Gasteiger partial charge in [0.25, 0.3) is 5.91 Å². The van der Waals surface area contributed by atoms with E-state index in [1.807, 2.05) is 50.2 Å². The van der Waals surface area contributed by atoms with E-state index >= 15 is 0 Å². The summed E-state index contributed by atoms with van der Waals surface area (Å²) in [6, 6.07) is 22.1. The average Bonchev–Trinajstić information content (AvgIpc) is 2.82. The van der Waals surface area contributed by atoms with Gasteiger partial charge in [-0.1, -0.05) is 35.4 Å². The van der Waals surface area contributed by atoms with Crippen LogP contribution in [0.4, 0.5) is 11.4 Å². The molecule has 0 aliphatic heterocycles. The summed E-state index contributed by atoms with van der Waals surface area (Å²) in [6.07, 6.45) is 0.527. The van der Waals surface area contributed by atoms with Gasteiger partial charge in [-0.15, -0.1) is 0 Å². The van der Waals surface area contributed by atoms with Gasteiger partial charge in [0.2, 0.25) is 5.91 Å². The topological polar surface area (TPSA) is 93.7 Å². The quantitative estimate of drug-likeness (QED) is 0.396. The third kappa shape index (κ3) is 8.43. The maximum Gasteiger partial charge on any atom is 0.306 e. The number of aryl methyl sites for hydroxylation is 2. The monoisotopic (exact) mass is 460 g/mol. The van der Waals surface area contributed by atoms with E-state index in [1.54, 1.807) is 36.4 Å². The molecule has 0 saturated carbocycles. The smallest absolute Gasteiger partial charge is 0.306 e. The number of carbonyl (C=O) groups is 3. The minimum atomic E-state index is -0.524. The first-order chi connectivity index (χ1) is 16.4. The number of anilines is 2. The lowest BCUT2D eigenvalue weighted by molar-refractivity contribution is -0.147. The fourth-order valence-electron chi connectivity index (χ4n) is 3.02. The zero-order chi connectivity index (χ0) is 24.3. The first-order valence-corrected chi connectivity index (χ1v) is 11.0. The van der Waals surface area contributed by atoms with E-state index in [4.69, 9.17) is 9.47 Å². The molecule has 0 heterocycles. The number of nitrogens with one attached hydrogen (secondary N) is 2. The van der Waals surface area contributed by atoms with Crippen molar-refractivity contribution in [3.05, 3.63) is 83.9 Å². The predicted octanol–water partition coefficient (Wildman–Crippen LogP) is 5.39. The summed E-state index contributed by atoms with van der Waals surface area (Å²) in [5.41, 5.74) is 3.51. The molecule has 2 amide bonds. The van der Waals surface area contributed by atoms with Crippen molar-refractivity contribution in [2.24, 2.45) is 0 Å². The third-order valence-electron chi connectivity index (χ3n) is 4.88. The molecule has 0 unspecified atom stereocenters. The molecule has 0 aromatic heterocycles. The van der Waals surface area contributed by atoms with Gasteiger partial charge in [0.1, 0.15) is 11.5 Å². The van der Waals surface area contributed by atoms with Gasteiger partial charge in [-0.3, -0.25) is 14.4 Å². The van der Waals surface area contributed by atoms with Crippen molar-refractivity contribution >= 4 is 29.2 Å². The van der Waals surface area contributed by atoms with Gasteiger partial charge < -0.3 is 20.1 Å². The molecule has 176 valence electrons. The summed E-state index contributed by atoms with van der Waals surface area (Å²) in [5.74, 6) is 0.254. The predicted molar refractivity (Wildman–Crippen MR) is 131 cm³/mol. The molecule has 3 rings (SSSR count). The lowest BCUT2D eigenvalue weighted by Crippen LogP contribution is -2.21. The molecule has 7 heteroatoms. The summed E-state index contributed by atoms with van der Waals surface area (Å²) >= 11 is 0. The van der Waals surface area contributed by atoms with Crippen LogP contribution in [0.25, 0.3) is 0 Å². The van der Waals surface area contributed by atoms with Gasteiger partial charge in [-0.25, -0.2) is 0 Å². The first-order valence-electron chi connectivity index (χ1n) is 11.0. The minimum absolute atomic E-state index is 0.0502. The lowest BCUT2D eigenvalue weighted by atomic mass is 10.2. The van der Waals surface area contributed by atoms with Crippen molar-refractivity contribution in [3.63, 3.8) is 0 Å². The maximum absolute atomic E-state index is 12.1. The summed E-state index contributed by atoms with van der Waals surface area (Å²) in [4.78, 5) is 35.8. The van der Waals surface area contributed by atoms with Gasteiger partial charge in [0, 0.05) is 24.2 Å². The lowest BCUT2D eigenvalue weighted by Gasteiger charge is -2.09. The summed E-state index contributed by atoms with van der Waals surface area (Å²) in [5, 5.41) is 5.44. The van der Waals surface area contributed by atoms with Crippen LogP contribution in [0.2, 0.25) is 0 Å². The Labute approximate surface area is 199 Å². The van der Waals surface area contributed by atoms with Gasteiger partial charge in [-0.2, -0.15) is 0 Å². The third-order valence-corrected chi connectivity index (χ3v) is 4.88. The standard InChI is InChI=1S/C27H28N2O5/c1-19-6-10-21(11-7-19)29-26(31)18-33-27(32)5-3-4-25(30)28-22-12-16-24(17-13-22)34-23-14-8-20(2)9-15-23/h6-17H,3-5,18H2,1-2H3,(H,28,30)(H,29,31). The van der Waals surface area contributed by atoms with E-state index < -0.39 is 11.9 Å². The van der Waals surface area contributed by atoms with Crippen LogP contribution >= 0.6 is 0 Å². The molecule has 0 spiro atoms. The molecule has 3 aromatic rings. The first kappa shape index (κ1) is 24.5. The number of rotatable bonds is 10. The molecule has 2 N–H and O–H groups in total. The van der Waals surface area contributed by atoms with Crippen molar-refractivity contribution in [2.75, 3.05) is 17.2 Å². The SMILES string of the molecule is Cc1ccc(NC(=O)COC(=O)CCCC(=O)Nc2ccc(Oc3ccc(C)cc3)cc2)cc1. The molecule has 0 aliphatic carbocycles. The summed E-state index contributed by atoms with van der Waals surface area (Å²) in [7, 11) is 0. The Hall–Kier alpha value is -4.13. The van der Waals surface area contributed by atoms with E-state index in [9.17, 15) is 14.4 Å². The fourth-order valence-corrected chi connectivity index (χ4v) is 3.02. The van der Waals surface area contributed by atoms with Crippen molar-refractivity contribution in [1.82, 2.24) is 0 Å². The van der Waals surface area contributed by atoms with Crippen LogP contribution in [0, 0.1) is 13.8 Å². The summed E-state index contributed by atoms with van der Waals surface area (Å²) in [6.45, 7) is 3.60. The molecular formula is C27H28N2O5. The van der Waals surface area contributed by atoms with E-state index in [1.165, 1.54) is 0 Å². The van der Waals surface area contributed by atoms with Gasteiger partial charge >= 0.3 is 5.97 Å². The fraction of sp³-hybridized carbons (Fsp3) is 0.222. The van der Waals surface area contributed by atoms with Crippen LogP contribution in [-0.2, 0) is 19.1 Å². The Morgan fingerprint density at radius 3 is 1.71 bits per heavy atom. The van der Waals surface area contributed by atoms with E-state index in [0.29, 0.717) is 23.5 Å². The number of hydrogen-bond acceptors (Lipinski definition) is 5. The zero-order valence-corrected chi connectivity index (χ0v) is 19.3. The highest BCUT2D eigenvalue weighted by Gasteiger charge is 2.10. The van der Waals surface area contributed by atoms with Crippen molar-refractivity contribution in [3.8, 4) is 11.5 Å². The zero-order valence-electron chi connectivity index (χ0n) is 19.3. The normalized spacial score (nSPS) is 10.3. The molecule has 34 heavy (non-hydrogen) atoms. The van der Waals surface area contributed by atoms with Crippen LogP contribution in [0.5, 0.6) is 11.5 Å². The highest BCUT2D eigenvalue weighted by atomic mass is 16.5. The number of hydrogen-bond donors (Lipinski definition) is 2. The molecular weight excluding hydrogens is 432 g/mol. The van der Waals surface area contributed by atoms with Gasteiger partial charge in [0.15, 0.2) is 6.61 Å². The molecule has 7 nitrogen and oxygen atoms in total. The molecule has 3 aromatic carbocycles. The highest BCUT2D eigenvalue weighted by molar-refractivity contribution is 5.93. The van der Waals surface area contributed by atoms with E-state index in [0.717, 1.165) is 16.9 Å². The van der Waals surface area contributed by atoms with Crippen molar-refractivity contribution in [1.29, 1.82) is 0 Å². The van der Waals surface area contributed by atoms with Crippen LogP contribution in [0.1, 0.15) is 30.4 Å². The average molecular weight is 461 g/mol. The maximum atomic E-state index is 12.1. The molecule has 0 saturated heterocycles. The second-order valence-corrected chi connectivity index (χ2v) is 7.92. The van der Waals surface area contributed by atoms with Crippen LogP contribution in [0.15, 0.2) is 72.8 Å². The molecule has 0 bridgehead atoms. The number of amides is 2. The van der Waals surface area contributed by atoms with Crippen LogP contribution in [0.3, 0.4) is 0 Å². The van der Waals surface area contributed by atoms with Crippen LogP contribution < -0.4 is 15.4 Å². The van der Waals surface area contributed by atoms with Crippen molar-refractivity contribution < 1.29 is 23.9 Å². The van der Waals surface area contributed by atoms with Crippen LogP contribution in [-0.4, -0.2) is 24.4 Å². The highest BCUT2D eigenvalue weighted by Crippen LogP contribution is 2.23. The molecule has 0 atom stereocenters. The second-order valence-electron chi connectivity index (χ2n) is 7.92. The van der Waals surface area contributed by atoms with Crippen molar-refractivity contribution in [2.45, 2.75) is 33.1 Å². The Bertz CT molecular complexity index is 1110. The van der Waals surface area contributed by atoms with E-state index in [2.05, 4.69) is 10.6 Å². The number of carbonyl (C=O) groups excluding carboxylic acids is 3. The molecule has 0 aliphatic rings. The molecule has 0 fully saturated rings. The van der Waals surface area contributed by atoms with Gasteiger partial charge in [-0.05, 0) is 68.8 Å². The Morgan fingerprint density at radius 1 is 0.647 bits per heavy atom. The Balaban J connectivity index is 1.32.